The number of benzene rings is 2. The Bertz CT molecular complexity index is 927. The second-order valence-electron chi connectivity index (χ2n) is 6.38. The molecule has 0 bridgehead atoms. The Balaban J connectivity index is 2.45. The van der Waals surface area contributed by atoms with Crippen LogP contribution in [0.25, 0.3) is 0 Å². The molecule has 0 atom stereocenters. The molecule has 26 heavy (non-hydrogen) atoms. The van der Waals surface area contributed by atoms with Crippen LogP contribution >= 0.6 is 0 Å². The Morgan fingerprint density at radius 3 is 2.12 bits per heavy atom. The van der Waals surface area contributed by atoms with Crippen LogP contribution in [0.2, 0.25) is 0 Å². The first-order valence-electron chi connectivity index (χ1n) is 8.07. The van der Waals surface area contributed by atoms with E-state index in [9.17, 15) is 13.2 Å². The van der Waals surface area contributed by atoms with Crippen molar-refractivity contribution in [2.45, 2.75) is 25.7 Å². The first-order chi connectivity index (χ1) is 12.1. The number of sulfonamides is 1. The SMILES string of the molecule is COc1ccc(C(=O)Nc2c(C)cc(C)cc2C)cc1S(=O)(=O)N(C)C. The third kappa shape index (κ3) is 3.89. The molecule has 2 aromatic rings. The number of nitrogens with one attached hydrogen (secondary N) is 1. The molecule has 0 saturated heterocycles. The summed E-state index contributed by atoms with van der Waals surface area (Å²) in [5.41, 5.74) is 3.98. The molecule has 7 heteroatoms. The summed E-state index contributed by atoms with van der Waals surface area (Å²) in [4.78, 5) is 12.6. The molecular weight excluding hydrogens is 352 g/mol. The summed E-state index contributed by atoms with van der Waals surface area (Å²) in [5, 5.41) is 2.88. The molecule has 140 valence electrons. The van der Waals surface area contributed by atoms with Crippen LogP contribution in [-0.4, -0.2) is 39.8 Å². The third-order valence-electron chi connectivity index (χ3n) is 4.10. The van der Waals surface area contributed by atoms with Crippen LogP contribution in [-0.2, 0) is 10.0 Å². The molecule has 0 aliphatic rings. The molecule has 1 N–H and O–H groups in total. The van der Waals surface area contributed by atoms with E-state index in [0.29, 0.717) is 0 Å². The van der Waals surface area contributed by atoms with Crippen molar-refractivity contribution in [2.75, 3.05) is 26.5 Å². The van der Waals surface area contributed by atoms with Crippen molar-refractivity contribution in [3.05, 3.63) is 52.6 Å². The highest BCUT2D eigenvalue weighted by atomic mass is 32.2. The molecule has 1 amide bonds. The number of carbonyl (C=O) groups is 1. The minimum absolute atomic E-state index is 0.0463. The van der Waals surface area contributed by atoms with E-state index in [1.54, 1.807) is 6.07 Å². The van der Waals surface area contributed by atoms with Gasteiger partial charge in [0.1, 0.15) is 10.6 Å². The van der Waals surface area contributed by atoms with E-state index in [1.807, 2.05) is 32.9 Å². The van der Waals surface area contributed by atoms with Gasteiger partial charge in [0.05, 0.1) is 7.11 Å². The van der Waals surface area contributed by atoms with E-state index in [0.717, 1.165) is 26.7 Å². The van der Waals surface area contributed by atoms with Gasteiger partial charge in [-0.25, -0.2) is 12.7 Å². The fourth-order valence-electron chi connectivity index (χ4n) is 2.78. The predicted molar refractivity (Wildman–Crippen MR) is 102 cm³/mol. The van der Waals surface area contributed by atoms with Gasteiger partial charge in [-0.15, -0.1) is 0 Å². The predicted octanol–water partition coefficient (Wildman–Crippen LogP) is 3.12. The Morgan fingerprint density at radius 2 is 1.62 bits per heavy atom. The van der Waals surface area contributed by atoms with Crippen LogP contribution in [0.5, 0.6) is 5.75 Å². The van der Waals surface area contributed by atoms with Gasteiger partial charge < -0.3 is 10.1 Å². The van der Waals surface area contributed by atoms with Gasteiger partial charge in [-0.2, -0.15) is 0 Å². The topological polar surface area (TPSA) is 75.7 Å². The van der Waals surface area contributed by atoms with Crippen molar-refractivity contribution in [3.63, 3.8) is 0 Å². The summed E-state index contributed by atoms with van der Waals surface area (Å²) in [6.45, 7) is 5.84. The number of hydrogen-bond donors (Lipinski definition) is 1. The lowest BCUT2D eigenvalue weighted by atomic mass is 10.0. The van der Waals surface area contributed by atoms with Crippen molar-refractivity contribution in [2.24, 2.45) is 0 Å². The molecule has 0 unspecified atom stereocenters. The van der Waals surface area contributed by atoms with Gasteiger partial charge in [0.15, 0.2) is 0 Å². The van der Waals surface area contributed by atoms with E-state index in [2.05, 4.69) is 5.32 Å². The molecule has 0 spiro atoms. The summed E-state index contributed by atoms with van der Waals surface area (Å²) >= 11 is 0. The minimum Gasteiger partial charge on any atom is -0.495 e. The maximum atomic E-state index is 12.7. The molecule has 0 aliphatic heterocycles. The van der Waals surface area contributed by atoms with Gasteiger partial charge in [0, 0.05) is 25.3 Å². The highest BCUT2D eigenvalue weighted by Crippen LogP contribution is 2.28. The number of rotatable bonds is 5. The van der Waals surface area contributed by atoms with Crippen molar-refractivity contribution in [1.82, 2.24) is 4.31 Å². The Hall–Kier alpha value is -2.38. The summed E-state index contributed by atoms with van der Waals surface area (Å²) < 4.78 is 31.2. The van der Waals surface area contributed by atoms with E-state index < -0.39 is 10.0 Å². The van der Waals surface area contributed by atoms with Crippen LogP contribution in [0.1, 0.15) is 27.0 Å². The van der Waals surface area contributed by atoms with Crippen molar-refractivity contribution >= 4 is 21.6 Å². The summed E-state index contributed by atoms with van der Waals surface area (Å²) in [6.07, 6.45) is 0. The number of amides is 1. The van der Waals surface area contributed by atoms with Crippen LogP contribution in [0.3, 0.4) is 0 Å². The number of anilines is 1. The lowest BCUT2D eigenvalue weighted by Gasteiger charge is -2.16. The molecular formula is C19H24N2O4S. The second-order valence-corrected chi connectivity index (χ2v) is 8.50. The summed E-state index contributed by atoms with van der Waals surface area (Å²) in [5.74, 6) is -0.184. The quantitative estimate of drug-likeness (QED) is 0.870. The minimum atomic E-state index is -3.74. The van der Waals surface area contributed by atoms with Crippen LogP contribution in [0, 0.1) is 20.8 Å². The number of hydrogen-bond acceptors (Lipinski definition) is 4. The number of nitrogens with zero attached hydrogens (tertiary/aromatic N) is 1. The van der Waals surface area contributed by atoms with Gasteiger partial charge in [-0.3, -0.25) is 4.79 Å². The van der Waals surface area contributed by atoms with E-state index in [-0.39, 0.29) is 22.1 Å². The second kappa shape index (κ2) is 7.47. The van der Waals surface area contributed by atoms with Crippen molar-refractivity contribution in [3.8, 4) is 5.75 Å². The molecule has 6 nitrogen and oxygen atoms in total. The van der Waals surface area contributed by atoms with E-state index in [1.165, 1.54) is 33.3 Å². The fraction of sp³-hybridized carbons (Fsp3) is 0.316. The molecule has 0 heterocycles. The van der Waals surface area contributed by atoms with Gasteiger partial charge in [0.2, 0.25) is 10.0 Å². The van der Waals surface area contributed by atoms with Crippen molar-refractivity contribution < 1.29 is 17.9 Å². The van der Waals surface area contributed by atoms with Gasteiger partial charge in [-0.05, 0) is 50.1 Å². The lowest BCUT2D eigenvalue weighted by Crippen LogP contribution is -2.23. The Labute approximate surface area is 154 Å². The molecule has 2 aromatic carbocycles. The van der Waals surface area contributed by atoms with Gasteiger partial charge in [0.25, 0.3) is 5.91 Å². The maximum absolute atomic E-state index is 12.7. The van der Waals surface area contributed by atoms with Gasteiger partial charge in [-0.1, -0.05) is 17.7 Å². The first-order valence-corrected chi connectivity index (χ1v) is 9.51. The lowest BCUT2D eigenvalue weighted by molar-refractivity contribution is 0.102. The highest BCUT2D eigenvalue weighted by molar-refractivity contribution is 7.89. The zero-order valence-electron chi connectivity index (χ0n) is 15.9. The Morgan fingerprint density at radius 1 is 1.04 bits per heavy atom. The normalized spacial score (nSPS) is 11.5. The van der Waals surface area contributed by atoms with Gasteiger partial charge >= 0.3 is 0 Å². The zero-order valence-corrected chi connectivity index (χ0v) is 16.7. The Kier molecular flexibility index (Phi) is 5.73. The maximum Gasteiger partial charge on any atom is 0.255 e. The number of ether oxygens (including phenoxy) is 1. The molecule has 0 radical (unpaired) electrons. The van der Waals surface area contributed by atoms with Crippen LogP contribution in [0.15, 0.2) is 35.2 Å². The number of aryl methyl sites for hydroxylation is 3. The number of methoxy groups -OCH3 is 1. The van der Waals surface area contributed by atoms with Crippen LogP contribution < -0.4 is 10.1 Å². The highest BCUT2D eigenvalue weighted by Gasteiger charge is 2.24. The average Bonchev–Trinajstić information content (AvgIpc) is 2.57. The average molecular weight is 376 g/mol. The summed E-state index contributed by atoms with van der Waals surface area (Å²) in [6, 6.07) is 8.33. The molecule has 0 fully saturated rings. The van der Waals surface area contributed by atoms with E-state index >= 15 is 0 Å². The zero-order chi connectivity index (χ0) is 19.6. The monoisotopic (exact) mass is 376 g/mol. The molecule has 0 aliphatic carbocycles. The smallest absolute Gasteiger partial charge is 0.255 e. The standard InChI is InChI=1S/C19H24N2O4S/c1-12-9-13(2)18(14(3)10-12)20-19(22)15-7-8-16(25-6)17(11-15)26(23,24)21(4)5/h7-11H,1-6H3,(H,20,22). The molecule has 0 saturated carbocycles. The van der Waals surface area contributed by atoms with Crippen LogP contribution in [0.4, 0.5) is 5.69 Å². The largest absolute Gasteiger partial charge is 0.495 e. The fourth-order valence-corrected chi connectivity index (χ4v) is 3.85. The summed E-state index contributed by atoms with van der Waals surface area (Å²) in [7, 11) is 0.512. The third-order valence-corrected chi connectivity index (χ3v) is 5.94. The first kappa shape index (κ1) is 19.9. The van der Waals surface area contributed by atoms with E-state index in [4.69, 9.17) is 4.74 Å². The van der Waals surface area contributed by atoms with Crippen molar-refractivity contribution in [1.29, 1.82) is 0 Å². The molecule has 0 aromatic heterocycles. The molecule has 2 rings (SSSR count). The number of carbonyl (C=O) groups excluding carboxylic acids is 1.